The zero-order chi connectivity index (χ0) is 33.6. The van der Waals surface area contributed by atoms with Crippen molar-refractivity contribution in [2.75, 3.05) is 6.61 Å². The summed E-state index contributed by atoms with van der Waals surface area (Å²) in [6, 6.07) is -0.529. The molecule has 0 aromatic rings. The van der Waals surface area contributed by atoms with Gasteiger partial charge < -0.3 is 15.5 Å². The van der Waals surface area contributed by atoms with E-state index in [4.69, 9.17) is 0 Å². The van der Waals surface area contributed by atoms with Gasteiger partial charge in [0.2, 0.25) is 5.91 Å². The van der Waals surface area contributed by atoms with E-state index in [1.165, 1.54) is 180 Å². The number of aliphatic hydroxyl groups excluding tert-OH is 2. The molecule has 0 heterocycles. The average Bonchev–Trinajstić information content (AvgIpc) is 3.06. The predicted molar refractivity (Wildman–Crippen MR) is 202 cm³/mol. The molecule has 46 heavy (non-hydrogen) atoms. The Bertz CT molecular complexity index is 622. The van der Waals surface area contributed by atoms with Crippen molar-refractivity contribution in [3.8, 4) is 0 Å². The third kappa shape index (κ3) is 34.5. The topological polar surface area (TPSA) is 69.6 Å². The van der Waals surface area contributed by atoms with Gasteiger partial charge in [0.05, 0.1) is 18.8 Å². The SMILES string of the molecule is CCCCCCCCCC/C=C\CCCCCCCCCCCCCCCCCC(=O)NC(CO)C(O)CCCCCCCCC. The van der Waals surface area contributed by atoms with Gasteiger partial charge in [-0.25, -0.2) is 0 Å². The third-order valence-corrected chi connectivity index (χ3v) is 9.78. The number of aliphatic hydroxyl groups is 2. The van der Waals surface area contributed by atoms with E-state index in [0.29, 0.717) is 12.8 Å². The maximum absolute atomic E-state index is 12.3. The van der Waals surface area contributed by atoms with E-state index in [1.807, 2.05) is 0 Å². The van der Waals surface area contributed by atoms with E-state index in [0.717, 1.165) is 25.7 Å². The van der Waals surface area contributed by atoms with Crippen LogP contribution in [0.1, 0.15) is 232 Å². The number of unbranched alkanes of at least 4 members (excludes halogenated alkanes) is 29. The Morgan fingerprint density at radius 1 is 0.500 bits per heavy atom. The number of amides is 1. The molecule has 3 N–H and O–H groups in total. The standard InChI is InChI=1S/C42H83NO3/c1-3-5-7-9-11-12-13-14-15-16-17-18-19-20-21-22-23-24-25-26-27-28-29-30-32-34-36-38-42(46)43-40(39-44)41(45)37-35-33-31-10-8-6-4-2/h16-17,40-41,44-45H,3-15,18-39H2,1-2H3,(H,43,46)/b17-16-. The number of carbonyl (C=O) groups is 1. The molecule has 0 aliphatic heterocycles. The van der Waals surface area contributed by atoms with E-state index >= 15 is 0 Å². The zero-order valence-corrected chi connectivity index (χ0v) is 31.4. The molecule has 0 radical (unpaired) electrons. The summed E-state index contributed by atoms with van der Waals surface area (Å²) in [6.45, 7) is 4.32. The van der Waals surface area contributed by atoms with Gasteiger partial charge in [0.25, 0.3) is 0 Å². The molecule has 4 heteroatoms. The molecule has 2 atom stereocenters. The van der Waals surface area contributed by atoms with Crippen LogP contribution in [0.4, 0.5) is 0 Å². The van der Waals surface area contributed by atoms with Gasteiger partial charge in [-0.05, 0) is 38.5 Å². The highest BCUT2D eigenvalue weighted by molar-refractivity contribution is 5.76. The first-order valence-electron chi connectivity index (χ1n) is 20.9. The molecule has 0 saturated carbocycles. The number of hydrogen-bond acceptors (Lipinski definition) is 3. The lowest BCUT2D eigenvalue weighted by Gasteiger charge is -2.22. The number of allylic oxidation sites excluding steroid dienone is 2. The summed E-state index contributed by atoms with van der Waals surface area (Å²) in [6.07, 6.45) is 47.4. The predicted octanol–water partition coefficient (Wildman–Crippen LogP) is 12.7. The lowest BCUT2D eigenvalue weighted by atomic mass is 10.0. The van der Waals surface area contributed by atoms with Gasteiger partial charge in [0.15, 0.2) is 0 Å². The van der Waals surface area contributed by atoms with E-state index in [9.17, 15) is 15.0 Å². The largest absolute Gasteiger partial charge is 0.394 e. The van der Waals surface area contributed by atoms with Crippen molar-refractivity contribution in [2.45, 2.75) is 244 Å². The van der Waals surface area contributed by atoms with Crippen molar-refractivity contribution in [1.29, 1.82) is 0 Å². The second kappa shape index (κ2) is 38.6. The van der Waals surface area contributed by atoms with Gasteiger partial charge >= 0.3 is 0 Å². The maximum atomic E-state index is 12.3. The normalized spacial score (nSPS) is 13.0. The number of carbonyl (C=O) groups excluding carboxylic acids is 1. The minimum Gasteiger partial charge on any atom is -0.394 e. The monoisotopic (exact) mass is 650 g/mol. The van der Waals surface area contributed by atoms with E-state index < -0.39 is 12.1 Å². The molecule has 0 aliphatic rings. The lowest BCUT2D eigenvalue weighted by molar-refractivity contribution is -0.123. The molecule has 274 valence electrons. The summed E-state index contributed by atoms with van der Waals surface area (Å²) in [5, 5.41) is 22.9. The summed E-state index contributed by atoms with van der Waals surface area (Å²) in [7, 11) is 0. The van der Waals surface area contributed by atoms with Crippen LogP contribution in [-0.2, 0) is 4.79 Å². The molecule has 0 aliphatic carbocycles. The molecule has 0 bridgehead atoms. The van der Waals surface area contributed by atoms with Gasteiger partial charge in [0, 0.05) is 6.42 Å². The van der Waals surface area contributed by atoms with Crippen molar-refractivity contribution in [3.05, 3.63) is 12.2 Å². The lowest BCUT2D eigenvalue weighted by Crippen LogP contribution is -2.45. The van der Waals surface area contributed by atoms with Crippen LogP contribution in [0.25, 0.3) is 0 Å². The van der Waals surface area contributed by atoms with Crippen molar-refractivity contribution < 1.29 is 15.0 Å². The number of nitrogens with one attached hydrogen (secondary N) is 1. The fourth-order valence-electron chi connectivity index (χ4n) is 6.53. The smallest absolute Gasteiger partial charge is 0.220 e. The Hall–Kier alpha value is -0.870. The van der Waals surface area contributed by atoms with Gasteiger partial charge in [-0.2, -0.15) is 0 Å². The first-order valence-corrected chi connectivity index (χ1v) is 20.9. The molecule has 2 unspecified atom stereocenters. The van der Waals surface area contributed by atoms with Crippen LogP contribution in [0.2, 0.25) is 0 Å². The molecule has 4 nitrogen and oxygen atoms in total. The van der Waals surface area contributed by atoms with E-state index in [1.54, 1.807) is 0 Å². The Morgan fingerprint density at radius 2 is 0.826 bits per heavy atom. The van der Waals surface area contributed by atoms with E-state index in [-0.39, 0.29) is 12.5 Å². The Kier molecular flexibility index (Phi) is 37.8. The zero-order valence-electron chi connectivity index (χ0n) is 31.4. The third-order valence-electron chi connectivity index (χ3n) is 9.78. The van der Waals surface area contributed by atoms with E-state index in [2.05, 4.69) is 31.3 Å². The summed E-state index contributed by atoms with van der Waals surface area (Å²) < 4.78 is 0. The molecule has 0 aromatic heterocycles. The minimum absolute atomic E-state index is 0.0330. The summed E-state index contributed by atoms with van der Waals surface area (Å²) >= 11 is 0. The molecular formula is C42H83NO3. The minimum atomic E-state index is -0.652. The van der Waals surface area contributed by atoms with Crippen molar-refractivity contribution in [3.63, 3.8) is 0 Å². The quantitative estimate of drug-likeness (QED) is 0.0460. The van der Waals surface area contributed by atoms with Crippen LogP contribution < -0.4 is 5.32 Å². The first-order chi connectivity index (χ1) is 22.7. The second-order valence-electron chi connectivity index (χ2n) is 14.4. The maximum Gasteiger partial charge on any atom is 0.220 e. The molecule has 0 fully saturated rings. The van der Waals surface area contributed by atoms with Crippen LogP contribution in [0.3, 0.4) is 0 Å². The highest BCUT2D eigenvalue weighted by atomic mass is 16.3. The Balaban J connectivity index is 3.38. The fourth-order valence-corrected chi connectivity index (χ4v) is 6.53. The molecule has 0 spiro atoms. The molecule has 0 rings (SSSR count). The van der Waals surface area contributed by atoms with Crippen LogP contribution in [-0.4, -0.2) is 34.9 Å². The van der Waals surface area contributed by atoms with Gasteiger partial charge in [-0.1, -0.05) is 199 Å². The summed E-state index contributed by atoms with van der Waals surface area (Å²) in [5.74, 6) is -0.0330. The van der Waals surface area contributed by atoms with Gasteiger partial charge in [0.1, 0.15) is 0 Å². The van der Waals surface area contributed by atoms with Crippen LogP contribution in [0.15, 0.2) is 12.2 Å². The summed E-state index contributed by atoms with van der Waals surface area (Å²) in [4.78, 5) is 12.3. The molecular weight excluding hydrogens is 566 g/mol. The molecule has 1 amide bonds. The molecule has 0 saturated heterocycles. The van der Waals surface area contributed by atoms with Crippen LogP contribution in [0, 0.1) is 0 Å². The number of rotatable bonds is 38. The Morgan fingerprint density at radius 3 is 1.20 bits per heavy atom. The second-order valence-corrected chi connectivity index (χ2v) is 14.4. The highest BCUT2D eigenvalue weighted by Gasteiger charge is 2.19. The van der Waals surface area contributed by atoms with Crippen LogP contribution in [0.5, 0.6) is 0 Å². The molecule has 0 aromatic carbocycles. The Labute approximate surface area is 288 Å². The number of hydrogen-bond donors (Lipinski definition) is 3. The van der Waals surface area contributed by atoms with Crippen molar-refractivity contribution in [1.82, 2.24) is 5.32 Å². The van der Waals surface area contributed by atoms with Crippen molar-refractivity contribution >= 4 is 5.91 Å². The highest BCUT2D eigenvalue weighted by Crippen LogP contribution is 2.16. The van der Waals surface area contributed by atoms with Gasteiger partial charge in [-0.3, -0.25) is 4.79 Å². The fraction of sp³-hybridized carbons (Fsp3) is 0.929. The van der Waals surface area contributed by atoms with Crippen LogP contribution >= 0.6 is 0 Å². The van der Waals surface area contributed by atoms with Gasteiger partial charge in [-0.15, -0.1) is 0 Å². The average molecular weight is 650 g/mol. The van der Waals surface area contributed by atoms with Crippen molar-refractivity contribution in [2.24, 2.45) is 0 Å². The first kappa shape index (κ1) is 45.1. The summed E-state index contributed by atoms with van der Waals surface area (Å²) in [5.41, 5.74) is 0.